The van der Waals surface area contributed by atoms with E-state index in [1.54, 1.807) is 0 Å². The van der Waals surface area contributed by atoms with E-state index in [9.17, 15) is 0 Å². The highest BCUT2D eigenvalue weighted by atomic mass is 32.1. The Kier molecular flexibility index (Phi) is 3.78. The summed E-state index contributed by atoms with van der Waals surface area (Å²) in [4.78, 5) is 10.1. The van der Waals surface area contributed by atoms with Crippen molar-refractivity contribution in [3.05, 3.63) is 83.9 Å². The quantitative estimate of drug-likeness (QED) is 0.713. The maximum atomic E-state index is 5.67. The van der Waals surface area contributed by atoms with Gasteiger partial charge in [0.15, 0.2) is 5.11 Å². The first-order chi connectivity index (χ1) is 11.7. The third-order valence-corrected chi connectivity index (χ3v) is 4.63. The van der Waals surface area contributed by atoms with Crippen LogP contribution in [0.15, 0.2) is 67.0 Å². The fourth-order valence-corrected chi connectivity index (χ4v) is 3.60. The largest absolute Gasteiger partial charge is 0.363 e. The smallest absolute Gasteiger partial charge is 0.174 e. The van der Waals surface area contributed by atoms with E-state index in [2.05, 4.69) is 57.4 Å². The van der Waals surface area contributed by atoms with Gasteiger partial charge in [-0.15, -0.1) is 0 Å². The van der Waals surface area contributed by atoms with Gasteiger partial charge in [-0.05, 0) is 61.1 Å². The normalized spacial score (nSPS) is 20.2. The van der Waals surface area contributed by atoms with Crippen molar-refractivity contribution in [2.45, 2.75) is 19.0 Å². The van der Waals surface area contributed by atoms with Gasteiger partial charge in [0.05, 0.1) is 11.7 Å². The van der Waals surface area contributed by atoms with E-state index in [4.69, 9.17) is 12.2 Å². The van der Waals surface area contributed by atoms with Crippen LogP contribution < -0.4 is 10.2 Å². The van der Waals surface area contributed by atoms with Crippen LogP contribution in [0.2, 0.25) is 0 Å². The molecule has 1 aliphatic rings. The molecule has 2 aromatic heterocycles. The lowest BCUT2D eigenvalue weighted by atomic mass is 10.0. The van der Waals surface area contributed by atoms with Crippen LogP contribution in [0.25, 0.3) is 0 Å². The lowest BCUT2D eigenvalue weighted by molar-refractivity contribution is 0.558. The SMILES string of the molecule is Cc1cccc(N2C(=S)NC(c3ccccn3)C2c2ccc[nH]2)c1. The molecular weight excluding hydrogens is 316 g/mol. The molecule has 0 amide bonds. The van der Waals surface area contributed by atoms with Crippen molar-refractivity contribution < 1.29 is 0 Å². The molecule has 0 saturated carbocycles. The average Bonchev–Trinajstić information content (AvgIpc) is 3.23. The van der Waals surface area contributed by atoms with Gasteiger partial charge < -0.3 is 15.2 Å². The second-order valence-electron chi connectivity index (χ2n) is 5.96. The second-order valence-corrected chi connectivity index (χ2v) is 6.35. The van der Waals surface area contributed by atoms with Crippen LogP contribution in [0.4, 0.5) is 5.69 Å². The molecule has 1 saturated heterocycles. The number of benzene rings is 1. The highest BCUT2D eigenvalue weighted by Crippen LogP contribution is 2.40. The van der Waals surface area contributed by atoms with Crippen molar-refractivity contribution in [2.75, 3.05) is 4.90 Å². The summed E-state index contributed by atoms with van der Waals surface area (Å²) in [7, 11) is 0. The van der Waals surface area contributed by atoms with Crippen molar-refractivity contribution in [1.82, 2.24) is 15.3 Å². The summed E-state index contributed by atoms with van der Waals surface area (Å²) in [5, 5.41) is 4.17. The minimum Gasteiger partial charge on any atom is -0.363 e. The third kappa shape index (κ3) is 2.57. The van der Waals surface area contributed by atoms with Crippen molar-refractivity contribution >= 4 is 23.0 Å². The Labute approximate surface area is 146 Å². The summed E-state index contributed by atoms with van der Waals surface area (Å²) in [6.45, 7) is 2.09. The summed E-state index contributed by atoms with van der Waals surface area (Å²) in [6.07, 6.45) is 3.77. The number of nitrogens with zero attached hydrogens (tertiary/aromatic N) is 2. The Hall–Kier alpha value is -2.66. The highest BCUT2D eigenvalue weighted by molar-refractivity contribution is 7.80. The predicted molar refractivity (Wildman–Crippen MR) is 99.9 cm³/mol. The molecule has 0 bridgehead atoms. The number of hydrogen-bond donors (Lipinski definition) is 2. The Morgan fingerprint density at radius 3 is 2.71 bits per heavy atom. The Bertz CT molecular complexity index is 845. The highest BCUT2D eigenvalue weighted by Gasteiger charge is 2.41. The molecular formula is C19H18N4S. The number of aryl methyl sites for hydroxylation is 1. The zero-order chi connectivity index (χ0) is 16.5. The van der Waals surface area contributed by atoms with E-state index in [1.807, 2.05) is 36.7 Å². The second kappa shape index (κ2) is 6.09. The van der Waals surface area contributed by atoms with Crippen molar-refractivity contribution in [3.8, 4) is 0 Å². The first kappa shape index (κ1) is 14.9. The van der Waals surface area contributed by atoms with Gasteiger partial charge in [-0.25, -0.2) is 0 Å². The molecule has 0 spiro atoms. The number of nitrogens with one attached hydrogen (secondary N) is 2. The van der Waals surface area contributed by atoms with E-state index < -0.39 is 0 Å². The molecule has 1 aromatic carbocycles. The predicted octanol–water partition coefficient (Wildman–Crippen LogP) is 3.90. The van der Waals surface area contributed by atoms with Gasteiger partial charge in [-0.1, -0.05) is 18.2 Å². The lowest BCUT2D eigenvalue weighted by Crippen LogP contribution is -2.29. The molecule has 0 aliphatic carbocycles. The Morgan fingerprint density at radius 1 is 1.08 bits per heavy atom. The zero-order valence-electron chi connectivity index (χ0n) is 13.3. The van der Waals surface area contributed by atoms with Crippen molar-refractivity contribution in [1.29, 1.82) is 0 Å². The van der Waals surface area contributed by atoms with Gasteiger partial charge in [-0.3, -0.25) is 4.98 Å². The minimum absolute atomic E-state index is 0.00198. The Balaban J connectivity index is 1.82. The molecule has 4 rings (SSSR count). The van der Waals surface area contributed by atoms with Crippen LogP contribution in [0.1, 0.15) is 29.0 Å². The third-order valence-electron chi connectivity index (χ3n) is 4.32. The van der Waals surface area contributed by atoms with Gasteiger partial charge in [-0.2, -0.15) is 0 Å². The van der Waals surface area contributed by atoms with Crippen LogP contribution in [0.3, 0.4) is 0 Å². The first-order valence-corrected chi connectivity index (χ1v) is 8.35. The van der Waals surface area contributed by atoms with Crippen molar-refractivity contribution in [3.63, 3.8) is 0 Å². The minimum atomic E-state index is -0.00198. The molecule has 2 N–H and O–H groups in total. The Morgan fingerprint density at radius 2 is 2.00 bits per heavy atom. The van der Waals surface area contributed by atoms with E-state index in [0.717, 1.165) is 22.2 Å². The van der Waals surface area contributed by atoms with Crippen LogP contribution in [0, 0.1) is 6.92 Å². The van der Waals surface area contributed by atoms with Gasteiger partial charge in [0.1, 0.15) is 6.04 Å². The number of pyridine rings is 1. The maximum absolute atomic E-state index is 5.67. The number of anilines is 1. The fraction of sp³-hybridized carbons (Fsp3) is 0.158. The zero-order valence-corrected chi connectivity index (χ0v) is 14.1. The summed E-state index contributed by atoms with van der Waals surface area (Å²) < 4.78 is 0. The van der Waals surface area contributed by atoms with Crippen LogP contribution in [-0.2, 0) is 0 Å². The molecule has 1 aliphatic heterocycles. The summed E-state index contributed by atoms with van der Waals surface area (Å²) in [5.41, 5.74) is 4.39. The van der Waals surface area contributed by atoms with Gasteiger partial charge in [0, 0.05) is 23.8 Å². The van der Waals surface area contributed by atoms with Gasteiger partial charge in [0.2, 0.25) is 0 Å². The molecule has 5 heteroatoms. The number of aromatic amines is 1. The van der Waals surface area contributed by atoms with Crippen molar-refractivity contribution in [2.24, 2.45) is 0 Å². The van der Waals surface area contributed by atoms with E-state index in [-0.39, 0.29) is 12.1 Å². The van der Waals surface area contributed by atoms with Crippen LogP contribution in [-0.4, -0.2) is 15.1 Å². The van der Waals surface area contributed by atoms with Gasteiger partial charge >= 0.3 is 0 Å². The molecule has 120 valence electrons. The molecule has 1 fully saturated rings. The molecule has 24 heavy (non-hydrogen) atoms. The topological polar surface area (TPSA) is 44.0 Å². The number of aromatic nitrogens is 2. The fourth-order valence-electron chi connectivity index (χ4n) is 3.26. The molecule has 3 heterocycles. The first-order valence-electron chi connectivity index (χ1n) is 7.94. The number of hydrogen-bond acceptors (Lipinski definition) is 2. The van der Waals surface area contributed by atoms with E-state index in [0.29, 0.717) is 0 Å². The molecule has 0 radical (unpaired) electrons. The number of H-pyrrole nitrogens is 1. The standard InChI is InChI=1S/C19H18N4S/c1-13-6-4-7-14(12-13)23-18(16-9-5-11-21-16)17(22-19(23)24)15-8-2-3-10-20-15/h2-12,17-18,21H,1H3,(H,22,24). The van der Waals surface area contributed by atoms with Crippen LogP contribution in [0.5, 0.6) is 0 Å². The lowest BCUT2D eigenvalue weighted by Gasteiger charge is -2.27. The molecule has 2 unspecified atom stereocenters. The van der Waals surface area contributed by atoms with E-state index in [1.165, 1.54) is 5.56 Å². The summed E-state index contributed by atoms with van der Waals surface area (Å²) in [6, 6.07) is 18.5. The molecule has 2 atom stereocenters. The van der Waals surface area contributed by atoms with E-state index >= 15 is 0 Å². The number of rotatable bonds is 3. The summed E-state index contributed by atoms with van der Waals surface area (Å²) >= 11 is 5.67. The van der Waals surface area contributed by atoms with Gasteiger partial charge in [0.25, 0.3) is 0 Å². The molecule has 3 aromatic rings. The van der Waals surface area contributed by atoms with Crippen LogP contribution >= 0.6 is 12.2 Å². The maximum Gasteiger partial charge on any atom is 0.174 e. The average molecular weight is 334 g/mol. The number of thiocarbonyl (C=S) groups is 1. The monoisotopic (exact) mass is 334 g/mol. The molecule has 4 nitrogen and oxygen atoms in total. The summed E-state index contributed by atoms with van der Waals surface area (Å²) in [5.74, 6) is 0.